The number of halogens is 4. The lowest BCUT2D eigenvalue weighted by atomic mass is 9.99. The number of benzene rings is 3. The van der Waals surface area contributed by atoms with Crippen molar-refractivity contribution >= 4 is 68.8 Å². The number of hydrogen-bond acceptors (Lipinski definition) is 15. The maximum absolute atomic E-state index is 13.5. The van der Waals surface area contributed by atoms with E-state index in [1.165, 1.54) is 57.7 Å². The van der Waals surface area contributed by atoms with Crippen LogP contribution in [0.1, 0.15) is 97.1 Å². The van der Waals surface area contributed by atoms with Crippen LogP contribution in [0.4, 0.5) is 44.6 Å². The third-order valence-corrected chi connectivity index (χ3v) is 17.1. The second-order valence-electron chi connectivity index (χ2n) is 23.1. The number of nitrogens with two attached hydrogens (primary N) is 3. The molecule has 12 rings (SSSR count). The first-order valence-electron chi connectivity index (χ1n) is 29.2. The van der Waals surface area contributed by atoms with Crippen LogP contribution in [0.15, 0.2) is 59.1 Å². The summed E-state index contributed by atoms with van der Waals surface area (Å²) in [6.07, 6.45) is 0.476. The lowest BCUT2D eigenvalue weighted by molar-refractivity contribution is -0.144. The van der Waals surface area contributed by atoms with Crippen LogP contribution in [-0.4, -0.2) is 172 Å². The molecule has 6 aliphatic heterocycles. The number of amides is 9. The van der Waals surface area contributed by atoms with Gasteiger partial charge >= 0.3 is 18.1 Å². The molecule has 0 saturated heterocycles. The minimum absolute atomic E-state index is 0.118. The first kappa shape index (κ1) is 64.5. The van der Waals surface area contributed by atoms with E-state index in [-0.39, 0.29) is 128 Å². The Hall–Kier alpha value is -8.46. The van der Waals surface area contributed by atoms with Crippen molar-refractivity contribution < 1.29 is 56.5 Å². The van der Waals surface area contributed by atoms with Gasteiger partial charge in [-0.2, -0.15) is 15.3 Å². The molecule has 480 valence electrons. The number of urea groups is 3. The summed E-state index contributed by atoms with van der Waals surface area (Å²) in [6.45, 7) is 11.6. The van der Waals surface area contributed by atoms with Gasteiger partial charge in [0.05, 0.1) is 60.8 Å². The zero-order valence-corrected chi connectivity index (χ0v) is 52.5. The summed E-state index contributed by atoms with van der Waals surface area (Å²) in [7, 11) is 4.64. The number of fused-ring (bicyclic) bond motifs is 9. The van der Waals surface area contributed by atoms with E-state index in [4.69, 9.17) is 31.7 Å². The highest BCUT2D eigenvalue weighted by atomic mass is 79.9. The first-order valence-corrected chi connectivity index (χ1v) is 30.0. The normalized spacial score (nSPS) is 21.2. The van der Waals surface area contributed by atoms with E-state index in [1.807, 2.05) is 20.8 Å². The third-order valence-electron chi connectivity index (χ3n) is 16.5. The van der Waals surface area contributed by atoms with Gasteiger partial charge in [-0.3, -0.25) is 42.9 Å². The average molecular weight is 1310 g/mol. The Morgan fingerprint density at radius 3 is 1.08 bits per heavy atom. The number of carbonyl (C=O) groups excluding carboxylic acids is 6. The number of rotatable bonds is 6. The van der Waals surface area contributed by atoms with E-state index >= 15 is 0 Å². The molecule has 0 unspecified atom stereocenters. The molecule has 9 N–H and O–H groups in total. The first-order chi connectivity index (χ1) is 42.8. The largest absolute Gasteiger partial charge is 0.328 e. The van der Waals surface area contributed by atoms with Crippen molar-refractivity contribution in [2.45, 2.75) is 130 Å². The highest BCUT2D eigenvalue weighted by Gasteiger charge is 2.41. The molecule has 0 bridgehead atoms. The molecule has 6 atom stereocenters. The number of nitrogens with zero attached hydrogens (tertiary/aromatic N) is 12. The maximum Gasteiger partial charge on any atom is 0.322 e. The Kier molecular flexibility index (Phi) is 19.0. The molecule has 9 heterocycles. The number of aryl methyl sites for hydroxylation is 2. The van der Waals surface area contributed by atoms with Gasteiger partial charge in [-0.1, -0.05) is 0 Å². The van der Waals surface area contributed by atoms with Gasteiger partial charge in [0, 0.05) is 112 Å². The number of nitrogens with one attached hydrogen (secondary N) is 3. The molecule has 0 radical (unpaired) electrons. The lowest BCUT2D eigenvalue weighted by Gasteiger charge is -2.33. The van der Waals surface area contributed by atoms with Crippen LogP contribution in [0.5, 0.6) is 0 Å². The van der Waals surface area contributed by atoms with Crippen LogP contribution < -0.4 is 33.2 Å². The fraction of sp³-hybridized carbons (Fsp3) is 0.441. The summed E-state index contributed by atoms with van der Waals surface area (Å²) >= 11 is 3.12. The van der Waals surface area contributed by atoms with Gasteiger partial charge < -0.3 is 47.9 Å². The molecule has 27 nitrogen and oxygen atoms in total. The second-order valence-corrected chi connectivity index (χ2v) is 23.9. The maximum atomic E-state index is 13.5. The molecular formula is C59H72BrF3N18O9. The van der Waals surface area contributed by atoms with Gasteiger partial charge in [-0.15, -0.1) is 0 Å². The van der Waals surface area contributed by atoms with Crippen molar-refractivity contribution in [3.8, 4) is 0 Å². The predicted molar refractivity (Wildman–Crippen MR) is 324 cm³/mol. The van der Waals surface area contributed by atoms with E-state index < -0.39 is 5.82 Å². The summed E-state index contributed by atoms with van der Waals surface area (Å²) in [6, 6.07) is 11.8. The molecular weight excluding hydrogens is 1240 g/mol. The van der Waals surface area contributed by atoms with Crippen molar-refractivity contribution in [1.29, 1.82) is 0 Å². The molecule has 3 aromatic carbocycles. The highest BCUT2D eigenvalue weighted by Crippen LogP contribution is 2.33. The molecule has 0 fully saturated rings. The molecule has 31 heteroatoms. The molecule has 6 aromatic rings. The molecule has 0 spiro atoms. The van der Waals surface area contributed by atoms with Crippen molar-refractivity contribution in [1.82, 2.24) is 59.2 Å². The van der Waals surface area contributed by atoms with Crippen LogP contribution >= 0.6 is 15.9 Å². The van der Waals surface area contributed by atoms with E-state index in [1.54, 1.807) is 75.9 Å². The number of hydrogen-bond donors (Lipinski definition) is 6. The summed E-state index contributed by atoms with van der Waals surface area (Å²) < 4.78 is 45.7. The predicted octanol–water partition coefficient (Wildman–Crippen LogP) is 5.42. The van der Waals surface area contributed by atoms with Crippen LogP contribution in [0.2, 0.25) is 0 Å². The molecule has 6 aliphatic rings. The van der Waals surface area contributed by atoms with Gasteiger partial charge in [-0.05, 0) is 116 Å². The lowest BCUT2D eigenvalue weighted by Crippen LogP contribution is -2.45. The quantitative estimate of drug-likeness (QED) is 0.121. The molecule has 9 amide bonds. The highest BCUT2D eigenvalue weighted by molar-refractivity contribution is 9.10. The smallest absolute Gasteiger partial charge is 0.322 e. The standard InChI is InChI=1S/2C20H25FN6O3.C19H22BrFN6O3/c2*1-11-6-13(4-5-16(11)21)23-20(29)26-10-15-17(7-12(26)2)24-27-9-14(8-22)30-25(3)19(28)18(15)27;1-10-5-16-13(17-18(28)25(2)30-12(7-22)8-27(17)24-16)9-26(10)19(29)23-11-3-4-15(21)14(20)6-11/h2*4-6,12,14H,7-10,22H2,1-3H3,(H,23,29);3-4,6,10,12H,5,7-9,22H2,1-2H3,(H,23,29)/t12-,14+;12-,14-;10-,12-/m111/s1. The van der Waals surface area contributed by atoms with Crippen molar-refractivity contribution in [3.63, 3.8) is 0 Å². The second kappa shape index (κ2) is 26.5. The Morgan fingerprint density at radius 2 is 0.800 bits per heavy atom. The molecule has 90 heavy (non-hydrogen) atoms. The number of anilines is 3. The van der Waals surface area contributed by atoms with Crippen molar-refractivity contribution in [2.75, 3.05) is 56.7 Å². The zero-order valence-electron chi connectivity index (χ0n) is 50.9. The Bertz CT molecular complexity index is 3410. The summed E-state index contributed by atoms with van der Waals surface area (Å²) in [5.74, 6) is -2.02. The number of carbonyl (C=O) groups is 6. The third kappa shape index (κ3) is 13.2. The summed E-state index contributed by atoms with van der Waals surface area (Å²) in [5, 5.41) is 25.8. The van der Waals surface area contributed by atoms with E-state index in [0.29, 0.717) is 89.7 Å². The molecule has 0 saturated carbocycles. The van der Waals surface area contributed by atoms with Gasteiger partial charge in [-0.25, -0.2) is 42.7 Å². The Morgan fingerprint density at radius 1 is 0.511 bits per heavy atom. The summed E-state index contributed by atoms with van der Waals surface area (Å²) in [5.41, 5.74) is 25.5. The van der Waals surface area contributed by atoms with Crippen LogP contribution in [0.25, 0.3) is 0 Å². The Labute approximate surface area is 524 Å². The van der Waals surface area contributed by atoms with Crippen molar-refractivity contribution in [3.05, 3.63) is 139 Å². The van der Waals surface area contributed by atoms with E-state index in [0.717, 1.165) is 28.2 Å². The monoisotopic (exact) mass is 1310 g/mol. The van der Waals surface area contributed by atoms with Gasteiger partial charge in [0.25, 0.3) is 17.7 Å². The Balaban J connectivity index is 0.000000148. The SMILES string of the molecule is C[C@@H]1Cc2nn3c(c2CN1C(=O)Nc1ccc(F)c(Br)c1)C(=O)N(C)O[C@H](CN)C3.Cc1cc(NC(=O)N2Cc3c(nn4c3C(=O)N(C)O[C@@H](CN)C4)C[C@H]2C)ccc1F.Cc1cc(NC(=O)N2Cc3c(nn4c3C(=O)N(C)O[C@H](CN)C4)C[C@H]2C)ccc1F. The van der Waals surface area contributed by atoms with Crippen molar-refractivity contribution in [2.24, 2.45) is 17.2 Å². The molecule has 3 aromatic heterocycles. The van der Waals surface area contributed by atoms with Crippen LogP contribution in [-0.2, 0) is 73.0 Å². The molecule has 0 aliphatic carbocycles. The minimum Gasteiger partial charge on any atom is -0.328 e. The fourth-order valence-electron chi connectivity index (χ4n) is 11.6. The number of aromatic nitrogens is 6. The topological polar surface area (TPSA) is 317 Å². The average Bonchev–Trinajstić information content (AvgIpc) is 1.63. The minimum atomic E-state index is -0.410. The zero-order chi connectivity index (χ0) is 64.7. The van der Waals surface area contributed by atoms with Crippen LogP contribution in [0.3, 0.4) is 0 Å². The van der Waals surface area contributed by atoms with Gasteiger partial charge in [0.2, 0.25) is 0 Å². The van der Waals surface area contributed by atoms with E-state index in [9.17, 15) is 41.9 Å². The van der Waals surface area contributed by atoms with E-state index in [2.05, 4.69) is 47.2 Å². The number of hydroxylamine groups is 6. The fourth-order valence-corrected chi connectivity index (χ4v) is 12.0. The van der Waals surface area contributed by atoms with Gasteiger partial charge in [0.15, 0.2) is 0 Å². The summed E-state index contributed by atoms with van der Waals surface area (Å²) in [4.78, 5) is 99.2. The van der Waals surface area contributed by atoms with Crippen LogP contribution in [0, 0.1) is 31.3 Å². The van der Waals surface area contributed by atoms with Gasteiger partial charge in [0.1, 0.15) is 52.8 Å².